The van der Waals surface area contributed by atoms with E-state index in [1.807, 2.05) is 42.5 Å². The minimum absolute atomic E-state index is 0.0198. The minimum atomic E-state index is -0.603. The molecule has 22 heavy (non-hydrogen) atoms. The molecule has 2 aromatic carbocycles. The van der Waals surface area contributed by atoms with E-state index >= 15 is 0 Å². The third kappa shape index (κ3) is 2.63. The zero-order valence-corrected chi connectivity index (χ0v) is 12.1. The molecule has 0 unspecified atom stereocenters. The van der Waals surface area contributed by atoms with Gasteiger partial charge < -0.3 is 9.72 Å². The topological polar surface area (TPSA) is 59.2 Å². The summed E-state index contributed by atoms with van der Waals surface area (Å²) in [7, 11) is 0. The first kappa shape index (κ1) is 14.1. The van der Waals surface area contributed by atoms with E-state index < -0.39 is 11.5 Å². The first-order valence-corrected chi connectivity index (χ1v) is 7.08. The number of esters is 1. The number of pyridine rings is 1. The van der Waals surface area contributed by atoms with Crippen LogP contribution in [0.15, 0.2) is 59.4 Å². The van der Waals surface area contributed by atoms with Crippen LogP contribution in [-0.4, -0.2) is 17.6 Å². The normalized spacial score (nSPS) is 10.6. The van der Waals surface area contributed by atoms with Gasteiger partial charge in [-0.05, 0) is 41.5 Å². The van der Waals surface area contributed by atoms with Crippen molar-refractivity contribution in [2.75, 3.05) is 6.61 Å². The Kier molecular flexibility index (Phi) is 3.74. The first-order chi connectivity index (χ1) is 10.7. The van der Waals surface area contributed by atoms with Gasteiger partial charge in [-0.1, -0.05) is 36.4 Å². The fourth-order valence-corrected chi connectivity index (χ4v) is 2.37. The summed E-state index contributed by atoms with van der Waals surface area (Å²) in [5.41, 5.74) is 1.14. The van der Waals surface area contributed by atoms with E-state index in [-0.39, 0.29) is 12.2 Å². The lowest BCUT2D eigenvalue weighted by Crippen LogP contribution is -2.19. The Labute approximate surface area is 127 Å². The largest absolute Gasteiger partial charge is 0.462 e. The number of fused-ring (bicyclic) bond motifs is 1. The summed E-state index contributed by atoms with van der Waals surface area (Å²) in [6.45, 7) is 1.94. The highest BCUT2D eigenvalue weighted by molar-refractivity contribution is 5.90. The van der Waals surface area contributed by atoms with Gasteiger partial charge >= 0.3 is 5.97 Å². The van der Waals surface area contributed by atoms with Crippen molar-refractivity contribution in [1.29, 1.82) is 0 Å². The van der Waals surface area contributed by atoms with E-state index in [1.165, 1.54) is 6.07 Å². The molecule has 1 aromatic heterocycles. The lowest BCUT2D eigenvalue weighted by Gasteiger charge is -2.06. The predicted octanol–water partition coefficient (Wildman–Crippen LogP) is 3.37. The van der Waals surface area contributed by atoms with Gasteiger partial charge in [-0.25, -0.2) is 4.79 Å². The van der Waals surface area contributed by atoms with Gasteiger partial charge in [0.1, 0.15) is 5.56 Å². The highest BCUT2D eigenvalue weighted by Crippen LogP contribution is 2.22. The van der Waals surface area contributed by atoms with Crippen LogP contribution in [0.5, 0.6) is 0 Å². The Hall–Kier alpha value is -2.88. The van der Waals surface area contributed by atoms with E-state index in [2.05, 4.69) is 4.98 Å². The highest BCUT2D eigenvalue weighted by Gasteiger charge is 2.12. The van der Waals surface area contributed by atoms with Gasteiger partial charge in [0.15, 0.2) is 0 Å². The van der Waals surface area contributed by atoms with Crippen molar-refractivity contribution in [2.45, 2.75) is 6.92 Å². The van der Waals surface area contributed by atoms with Crippen molar-refractivity contribution in [2.24, 2.45) is 0 Å². The smallest absolute Gasteiger partial charge is 0.343 e. The van der Waals surface area contributed by atoms with Crippen molar-refractivity contribution < 1.29 is 9.53 Å². The molecular formula is C18H15NO3. The number of nitrogens with one attached hydrogen (secondary N) is 1. The predicted molar refractivity (Wildman–Crippen MR) is 86.0 cm³/mol. The molecule has 4 nitrogen and oxygen atoms in total. The monoisotopic (exact) mass is 293 g/mol. The van der Waals surface area contributed by atoms with Crippen molar-refractivity contribution in [3.8, 4) is 11.3 Å². The van der Waals surface area contributed by atoms with Crippen LogP contribution >= 0.6 is 0 Å². The Morgan fingerprint density at radius 2 is 1.82 bits per heavy atom. The molecule has 0 aliphatic carbocycles. The van der Waals surface area contributed by atoms with E-state index in [4.69, 9.17) is 4.74 Å². The summed E-state index contributed by atoms with van der Waals surface area (Å²) in [6.07, 6.45) is 0. The van der Waals surface area contributed by atoms with E-state index in [0.29, 0.717) is 5.69 Å². The molecule has 110 valence electrons. The summed E-state index contributed by atoms with van der Waals surface area (Å²) in [5.74, 6) is -0.603. The molecular weight excluding hydrogens is 278 g/mol. The van der Waals surface area contributed by atoms with Crippen molar-refractivity contribution in [3.63, 3.8) is 0 Å². The van der Waals surface area contributed by atoms with Crippen LogP contribution < -0.4 is 5.56 Å². The number of carbonyl (C=O) groups is 1. The molecule has 0 fully saturated rings. The van der Waals surface area contributed by atoms with E-state index in [0.717, 1.165) is 16.3 Å². The number of rotatable bonds is 3. The summed E-state index contributed by atoms with van der Waals surface area (Å²) in [4.78, 5) is 26.4. The van der Waals surface area contributed by atoms with Crippen LogP contribution in [0.4, 0.5) is 0 Å². The number of hydrogen-bond donors (Lipinski definition) is 1. The maximum absolute atomic E-state index is 12.0. The second kappa shape index (κ2) is 5.85. The minimum Gasteiger partial charge on any atom is -0.462 e. The molecule has 0 saturated carbocycles. The van der Waals surface area contributed by atoms with Crippen LogP contribution in [0, 0.1) is 0 Å². The molecule has 0 spiro atoms. The van der Waals surface area contributed by atoms with Crippen molar-refractivity contribution in [1.82, 2.24) is 4.98 Å². The lowest BCUT2D eigenvalue weighted by atomic mass is 10.0. The second-order valence-electron chi connectivity index (χ2n) is 4.90. The summed E-state index contributed by atoms with van der Waals surface area (Å²) in [5, 5.41) is 2.23. The Morgan fingerprint density at radius 3 is 2.55 bits per heavy atom. The van der Waals surface area contributed by atoms with Crippen LogP contribution in [0.25, 0.3) is 22.0 Å². The van der Waals surface area contributed by atoms with Crippen molar-refractivity contribution >= 4 is 16.7 Å². The molecule has 0 amide bonds. The summed E-state index contributed by atoms with van der Waals surface area (Å²) >= 11 is 0. The Balaban J connectivity index is 2.02. The fourth-order valence-electron chi connectivity index (χ4n) is 2.37. The average molecular weight is 293 g/mol. The number of benzene rings is 2. The number of hydrogen-bond acceptors (Lipinski definition) is 3. The summed E-state index contributed by atoms with van der Waals surface area (Å²) < 4.78 is 4.85. The highest BCUT2D eigenvalue weighted by atomic mass is 16.5. The molecule has 3 rings (SSSR count). The van der Waals surface area contributed by atoms with Gasteiger partial charge in [0.05, 0.1) is 6.61 Å². The SMILES string of the molecule is CCOC(=O)c1ccc(-c2ccc3ccccc3c2)[nH]c1=O. The standard InChI is InChI=1S/C18H15NO3/c1-2-22-18(21)15-9-10-16(19-17(15)20)14-8-7-12-5-3-4-6-13(12)11-14/h3-11H,2H2,1H3,(H,19,20). The number of ether oxygens (including phenoxy) is 1. The van der Waals surface area contributed by atoms with Gasteiger partial charge in [-0.3, -0.25) is 4.79 Å². The first-order valence-electron chi connectivity index (χ1n) is 7.08. The maximum Gasteiger partial charge on any atom is 0.343 e. The number of H-pyrrole nitrogens is 1. The molecule has 0 atom stereocenters. The Morgan fingerprint density at radius 1 is 1.05 bits per heavy atom. The average Bonchev–Trinajstić information content (AvgIpc) is 2.54. The molecule has 4 heteroatoms. The number of aromatic amines is 1. The van der Waals surface area contributed by atoms with Crippen LogP contribution in [0.3, 0.4) is 0 Å². The molecule has 1 heterocycles. The number of carbonyl (C=O) groups excluding carboxylic acids is 1. The van der Waals surface area contributed by atoms with Gasteiger partial charge in [0.25, 0.3) is 5.56 Å². The quantitative estimate of drug-likeness (QED) is 0.753. The van der Waals surface area contributed by atoms with Gasteiger partial charge in [-0.2, -0.15) is 0 Å². The molecule has 3 aromatic rings. The van der Waals surface area contributed by atoms with Gasteiger partial charge in [0, 0.05) is 5.69 Å². The molecule has 0 saturated heterocycles. The van der Waals surface area contributed by atoms with E-state index in [1.54, 1.807) is 13.0 Å². The van der Waals surface area contributed by atoms with Crippen LogP contribution in [-0.2, 0) is 4.74 Å². The van der Waals surface area contributed by atoms with Gasteiger partial charge in [0.2, 0.25) is 0 Å². The lowest BCUT2D eigenvalue weighted by molar-refractivity contribution is 0.0524. The zero-order valence-electron chi connectivity index (χ0n) is 12.1. The third-order valence-corrected chi connectivity index (χ3v) is 3.47. The number of aromatic nitrogens is 1. The molecule has 0 aliphatic rings. The zero-order chi connectivity index (χ0) is 15.5. The van der Waals surface area contributed by atoms with Crippen LogP contribution in [0.2, 0.25) is 0 Å². The second-order valence-corrected chi connectivity index (χ2v) is 4.90. The Bertz CT molecular complexity index is 896. The molecule has 0 radical (unpaired) electrons. The molecule has 0 aliphatic heterocycles. The third-order valence-electron chi connectivity index (χ3n) is 3.47. The molecule has 1 N–H and O–H groups in total. The summed E-state index contributed by atoms with van der Waals surface area (Å²) in [6, 6.07) is 17.2. The van der Waals surface area contributed by atoms with Gasteiger partial charge in [-0.15, -0.1) is 0 Å². The van der Waals surface area contributed by atoms with E-state index in [9.17, 15) is 9.59 Å². The van der Waals surface area contributed by atoms with Crippen LogP contribution in [0.1, 0.15) is 17.3 Å². The molecule has 0 bridgehead atoms. The fraction of sp³-hybridized carbons (Fsp3) is 0.111. The maximum atomic E-state index is 12.0. The van der Waals surface area contributed by atoms with Crippen molar-refractivity contribution in [3.05, 3.63) is 70.5 Å².